The first-order valence-corrected chi connectivity index (χ1v) is 13.6. The van der Waals surface area contributed by atoms with Gasteiger partial charge in [-0.15, -0.1) is 10.2 Å². The summed E-state index contributed by atoms with van der Waals surface area (Å²) in [5, 5.41) is 23.1. The van der Waals surface area contributed by atoms with Crippen molar-refractivity contribution in [1.82, 2.24) is 25.0 Å². The molecule has 2 aromatic rings. The van der Waals surface area contributed by atoms with E-state index in [0.29, 0.717) is 17.9 Å². The van der Waals surface area contributed by atoms with Crippen LogP contribution in [0.3, 0.4) is 0 Å². The van der Waals surface area contributed by atoms with Crippen molar-refractivity contribution in [3.05, 3.63) is 41.2 Å². The highest BCUT2D eigenvalue weighted by Gasteiger charge is 2.44. The van der Waals surface area contributed by atoms with Gasteiger partial charge in [0.1, 0.15) is 5.82 Å². The molecular weight excluding hydrogens is 475 g/mol. The van der Waals surface area contributed by atoms with Crippen LogP contribution in [-0.2, 0) is 13.2 Å². The molecule has 3 atom stereocenters. The number of benzene rings is 1. The first kappa shape index (κ1) is 25.0. The van der Waals surface area contributed by atoms with E-state index in [1.807, 2.05) is 7.05 Å². The van der Waals surface area contributed by atoms with Gasteiger partial charge in [0.05, 0.1) is 17.7 Å². The van der Waals surface area contributed by atoms with Crippen molar-refractivity contribution in [2.75, 3.05) is 25.4 Å². The molecule has 35 heavy (non-hydrogen) atoms. The highest BCUT2D eigenvalue weighted by atomic mass is 32.2. The van der Waals surface area contributed by atoms with Crippen molar-refractivity contribution in [3.8, 4) is 0 Å². The Kier molecular flexibility index (Phi) is 7.44. The molecule has 3 heterocycles. The number of likely N-dealkylation sites (tertiary alicyclic amines) is 1. The average molecular weight is 510 g/mol. The van der Waals surface area contributed by atoms with E-state index in [9.17, 15) is 18.3 Å². The molecule has 2 N–H and O–H groups in total. The topological polar surface area (TPSA) is 66.2 Å². The summed E-state index contributed by atoms with van der Waals surface area (Å²) in [5.74, 6) is 2.84. The number of hydrogen-bond donors (Lipinski definition) is 2. The number of nitrogens with one attached hydrogen (secondary N) is 1. The molecule has 6 nitrogen and oxygen atoms in total. The Morgan fingerprint density at radius 3 is 2.54 bits per heavy atom. The summed E-state index contributed by atoms with van der Waals surface area (Å²) in [5.41, 5.74) is 0.369. The summed E-state index contributed by atoms with van der Waals surface area (Å²) in [6, 6.07) is 6.15. The first-order chi connectivity index (χ1) is 16.8. The van der Waals surface area contributed by atoms with Gasteiger partial charge in [-0.25, -0.2) is 0 Å². The van der Waals surface area contributed by atoms with Crippen molar-refractivity contribution in [2.24, 2.45) is 13.0 Å². The van der Waals surface area contributed by atoms with Crippen LogP contribution in [0, 0.1) is 5.92 Å². The van der Waals surface area contributed by atoms with E-state index < -0.39 is 11.7 Å². The van der Waals surface area contributed by atoms with Gasteiger partial charge >= 0.3 is 6.18 Å². The molecule has 2 aliphatic heterocycles. The minimum atomic E-state index is -4.31. The Morgan fingerprint density at radius 2 is 1.83 bits per heavy atom. The van der Waals surface area contributed by atoms with E-state index in [-0.39, 0.29) is 12.1 Å². The van der Waals surface area contributed by atoms with Gasteiger partial charge < -0.3 is 15.0 Å². The highest BCUT2D eigenvalue weighted by Crippen LogP contribution is 2.41. The Hall–Kier alpha value is -1.62. The number of hydrogen-bond acceptors (Lipinski definition) is 6. The molecule has 1 aromatic carbocycles. The van der Waals surface area contributed by atoms with Gasteiger partial charge in [-0.3, -0.25) is 4.90 Å². The summed E-state index contributed by atoms with van der Waals surface area (Å²) in [4.78, 5) is 2.44. The number of alkyl halides is 3. The lowest BCUT2D eigenvalue weighted by atomic mass is 9.87. The second-order valence-corrected chi connectivity index (χ2v) is 11.3. The lowest BCUT2D eigenvalue weighted by molar-refractivity contribution is -0.137. The zero-order valence-corrected chi connectivity index (χ0v) is 20.9. The van der Waals surface area contributed by atoms with Crippen LogP contribution in [-0.4, -0.2) is 62.3 Å². The van der Waals surface area contributed by atoms with E-state index in [2.05, 4.69) is 25.0 Å². The number of halogens is 3. The largest absolute Gasteiger partial charge is 0.416 e. The molecule has 0 amide bonds. The molecule has 5 rings (SSSR count). The van der Waals surface area contributed by atoms with Crippen molar-refractivity contribution in [2.45, 2.75) is 74.0 Å². The van der Waals surface area contributed by atoms with Crippen LogP contribution in [0.1, 0.15) is 67.4 Å². The molecule has 0 spiro atoms. The summed E-state index contributed by atoms with van der Waals surface area (Å²) in [6.07, 6.45) is 1.16. The second kappa shape index (κ2) is 10.4. The third-order valence-corrected chi connectivity index (χ3v) is 9.04. The Labute approximate surface area is 208 Å². The number of aliphatic hydroxyl groups excluding tert-OH is 1. The lowest BCUT2D eigenvalue weighted by Gasteiger charge is -2.28. The number of thioether (sulfide) groups is 1. The fraction of sp³-hybridized carbons (Fsp3) is 0.680. The molecule has 0 bridgehead atoms. The van der Waals surface area contributed by atoms with E-state index in [0.717, 1.165) is 80.5 Å². The smallest absolute Gasteiger partial charge is 0.393 e. The predicted octanol–water partition coefficient (Wildman–Crippen LogP) is 4.37. The SMILES string of the molecule is Cn1c(SCCCN2CC3CCNC3C2c2ccc(C(F)(F)F)cc2)nnc1C1CCC(O)CC1. The third-order valence-electron chi connectivity index (χ3n) is 7.94. The molecule has 0 radical (unpaired) electrons. The van der Waals surface area contributed by atoms with Crippen LogP contribution in [0.4, 0.5) is 13.2 Å². The van der Waals surface area contributed by atoms with E-state index in [1.165, 1.54) is 12.1 Å². The van der Waals surface area contributed by atoms with Gasteiger partial charge in [0, 0.05) is 31.3 Å². The Balaban J connectivity index is 1.18. The van der Waals surface area contributed by atoms with Gasteiger partial charge in [-0.05, 0) is 75.2 Å². The molecule has 3 aliphatic rings. The lowest BCUT2D eigenvalue weighted by Crippen LogP contribution is -2.35. The quantitative estimate of drug-likeness (QED) is 0.427. The summed E-state index contributed by atoms with van der Waals surface area (Å²) in [7, 11) is 2.02. The van der Waals surface area contributed by atoms with Crippen LogP contribution in [0.5, 0.6) is 0 Å². The molecule has 1 aromatic heterocycles. The molecule has 10 heteroatoms. The van der Waals surface area contributed by atoms with Crippen LogP contribution in [0.15, 0.2) is 29.4 Å². The summed E-state index contributed by atoms with van der Waals surface area (Å²) in [6.45, 7) is 2.86. The minimum absolute atomic E-state index is 0.109. The highest BCUT2D eigenvalue weighted by molar-refractivity contribution is 7.99. The number of aliphatic hydroxyl groups is 1. The fourth-order valence-electron chi connectivity index (χ4n) is 6.09. The van der Waals surface area contributed by atoms with Crippen molar-refractivity contribution in [1.29, 1.82) is 0 Å². The monoisotopic (exact) mass is 509 g/mol. The maximum Gasteiger partial charge on any atom is 0.416 e. The number of fused-ring (bicyclic) bond motifs is 1. The van der Waals surface area contributed by atoms with Gasteiger partial charge in [0.15, 0.2) is 5.16 Å². The Bertz CT molecular complexity index is 990. The zero-order chi connectivity index (χ0) is 24.6. The van der Waals surface area contributed by atoms with E-state index in [4.69, 9.17) is 0 Å². The molecule has 1 saturated carbocycles. The maximum absolute atomic E-state index is 13.0. The summed E-state index contributed by atoms with van der Waals surface area (Å²) >= 11 is 1.71. The molecule has 3 unspecified atom stereocenters. The zero-order valence-electron chi connectivity index (χ0n) is 20.0. The number of nitrogens with zero attached hydrogens (tertiary/aromatic N) is 4. The number of rotatable bonds is 7. The molecule has 3 fully saturated rings. The van der Waals surface area contributed by atoms with Crippen molar-refractivity contribution >= 4 is 11.8 Å². The van der Waals surface area contributed by atoms with Crippen molar-refractivity contribution < 1.29 is 18.3 Å². The van der Waals surface area contributed by atoms with Crippen LogP contribution < -0.4 is 5.32 Å². The van der Waals surface area contributed by atoms with Crippen LogP contribution >= 0.6 is 11.8 Å². The van der Waals surface area contributed by atoms with Gasteiger partial charge in [-0.1, -0.05) is 23.9 Å². The van der Waals surface area contributed by atoms with Crippen LogP contribution in [0.2, 0.25) is 0 Å². The second-order valence-electron chi connectivity index (χ2n) is 10.2. The first-order valence-electron chi connectivity index (χ1n) is 12.7. The minimum Gasteiger partial charge on any atom is -0.393 e. The molecule has 192 valence electrons. The van der Waals surface area contributed by atoms with Crippen molar-refractivity contribution in [3.63, 3.8) is 0 Å². The fourth-order valence-corrected chi connectivity index (χ4v) is 6.93. The van der Waals surface area contributed by atoms with E-state index in [1.54, 1.807) is 23.9 Å². The summed E-state index contributed by atoms with van der Waals surface area (Å²) < 4.78 is 41.2. The molecule has 1 aliphatic carbocycles. The number of aromatic nitrogens is 3. The average Bonchev–Trinajstić information content (AvgIpc) is 3.52. The maximum atomic E-state index is 13.0. The third kappa shape index (κ3) is 5.40. The van der Waals surface area contributed by atoms with E-state index >= 15 is 0 Å². The van der Waals surface area contributed by atoms with Gasteiger partial charge in [0.2, 0.25) is 0 Å². The Morgan fingerprint density at radius 1 is 1.09 bits per heavy atom. The molecule has 2 saturated heterocycles. The van der Waals surface area contributed by atoms with Gasteiger partial charge in [0.25, 0.3) is 0 Å². The molecular formula is C25H34F3N5OS. The van der Waals surface area contributed by atoms with Crippen LogP contribution in [0.25, 0.3) is 0 Å². The normalized spacial score (nSPS) is 29.6. The van der Waals surface area contributed by atoms with Gasteiger partial charge in [-0.2, -0.15) is 13.2 Å². The predicted molar refractivity (Wildman–Crippen MR) is 129 cm³/mol. The standard InChI is InChI=1S/C25H34F3N5OS/c1-32-23(17-5-9-20(34)10-6-17)30-31-24(32)35-14-2-13-33-15-18-11-12-29-21(18)22(33)16-3-7-19(8-4-16)25(26,27)28/h3-4,7-8,17-18,20-22,29,34H,2,5-6,9-15H2,1H3.